The molecule has 1 aromatic heterocycles. The summed E-state index contributed by atoms with van der Waals surface area (Å²) in [6.45, 7) is 9.16. The average molecular weight is 524 g/mol. The molecule has 0 spiro atoms. The number of imidazole rings is 1. The van der Waals surface area contributed by atoms with Crippen LogP contribution >= 0.6 is 11.6 Å². The second-order valence-electron chi connectivity index (χ2n) is 10.4. The molecule has 196 valence electrons. The average Bonchev–Trinajstić information content (AvgIpc) is 3.05. The van der Waals surface area contributed by atoms with Gasteiger partial charge < -0.3 is 24.4 Å². The van der Waals surface area contributed by atoms with Gasteiger partial charge in [0, 0.05) is 32.2 Å². The minimum Gasteiger partial charge on any atom is -0.378 e. The van der Waals surface area contributed by atoms with Crippen LogP contribution in [0.25, 0.3) is 11.4 Å². The zero-order valence-corrected chi connectivity index (χ0v) is 21.8. The first-order valence-corrected chi connectivity index (χ1v) is 12.5. The van der Waals surface area contributed by atoms with Crippen LogP contribution < -0.4 is 5.32 Å². The molecule has 1 N–H and O–H groups in total. The van der Waals surface area contributed by atoms with Crippen molar-refractivity contribution in [1.29, 1.82) is 0 Å². The van der Waals surface area contributed by atoms with E-state index in [0.717, 1.165) is 19.0 Å². The van der Waals surface area contributed by atoms with Crippen molar-refractivity contribution >= 4 is 23.4 Å². The van der Waals surface area contributed by atoms with E-state index in [1.54, 1.807) is 9.47 Å². The Morgan fingerprint density at radius 1 is 1.11 bits per heavy atom. The van der Waals surface area contributed by atoms with Gasteiger partial charge in [-0.3, -0.25) is 9.59 Å². The molecule has 1 unspecified atom stereocenters. The summed E-state index contributed by atoms with van der Waals surface area (Å²) in [7, 11) is 1.93. The Bertz CT molecular complexity index is 1160. The van der Waals surface area contributed by atoms with E-state index in [0.29, 0.717) is 45.1 Å². The van der Waals surface area contributed by atoms with Crippen molar-refractivity contribution in [2.45, 2.75) is 46.3 Å². The zero-order chi connectivity index (χ0) is 26.2. The number of hydrogen-bond donors (Lipinski definition) is 1. The van der Waals surface area contributed by atoms with Crippen LogP contribution in [0.1, 0.15) is 43.4 Å². The topological polar surface area (TPSA) is 79.7 Å². The summed E-state index contributed by atoms with van der Waals surface area (Å²) in [6, 6.07) is 1.11. The summed E-state index contributed by atoms with van der Waals surface area (Å²) in [5, 5.41) is 2.68. The number of benzene rings is 1. The Kier molecular flexibility index (Phi) is 7.68. The lowest BCUT2D eigenvalue weighted by Gasteiger charge is -2.36. The maximum Gasteiger partial charge on any atom is 0.272 e. The van der Waals surface area contributed by atoms with Gasteiger partial charge in [0.15, 0.2) is 5.69 Å². The van der Waals surface area contributed by atoms with E-state index < -0.39 is 29.0 Å². The minimum absolute atomic E-state index is 0.0167. The number of hydrogen-bond acceptors (Lipinski definition) is 5. The Hall–Kier alpha value is -2.56. The molecule has 1 fully saturated rings. The number of carbonyl (C=O) groups excluding carboxylic acids is 2. The van der Waals surface area contributed by atoms with E-state index in [2.05, 4.69) is 15.2 Å². The highest BCUT2D eigenvalue weighted by atomic mass is 35.5. The Morgan fingerprint density at radius 3 is 2.47 bits per heavy atom. The van der Waals surface area contributed by atoms with Gasteiger partial charge in [0.2, 0.25) is 5.91 Å². The molecule has 3 heterocycles. The maximum absolute atomic E-state index is 14.8. The summed E-state index contributed by atoms with van der Waals surface area (Å²) in [6.07, 6.45) is 0.755. The highest BCUT2D eigenvalue weighted by molar-refractivity contribution is 6.31. The molecule has 36 heavy (non-hydrogen) atoms. The first-order chi connectivity index (χ1) is 17.0. The third-order valence-electron chi connectivity index (χ3n) is 6.59. The van der Waals surface area contributed by atoms with Gasteiger partial charge in [-0.05, 0) is 31.5 Å². The summed E-state index contributed by atoms with van der Waals surface area (Å²) in [5.41, 5.74) is 0.164. The van der Waals surface area contributed by atoms with Crippen LogP contribution in [0.5, 0.6) is 0 Å². The van der Waals surface area contributed by atoms with Crippen LogP contribution in [0.15, 0.2) is 12.1 Å². The number of fused-ring (bicyclic) bond motifs is 1. The summed E-state index contributed by atoms with van der Waals surface area (Å²) in [4.78, 5) is 35.3. The lowest BCUT2D eigenvalue weighted by atomic mass is 9.85. The fourth-order valence-corrected chi connectivity index (χ4v) is 4.78. The fourth-order valence-electron chi connectivity index (χ4n) is 4.62. The molecule has 1 saturated heterocycles. The third kappa shape index (κ3) is 5.40. The number of morpholine rings is 1. The molecular weight excluding hydrogens is 492 g/mol. The smallest absolute Gasteiger partial charge is 0.272 e. The highest BCUT2D eigenvalue weighted by Crippen LogP contribution is 2.31. The van der Waals surface area contributed by atoms with Gasteiger partial charge in [-0.1, -0.05) is 32.4 Å². The van der Waals surface area contributed by atoms with Gasteiger partial charge in [-0.15, -0.1) is 0 Å². The van der Waals surface area contributed by atoms with Crippen LogP contribution in [0.2, 0.25) is 5.02 Å². The minimum atomic E-state index is -0.868. The number of nitrogens with zero attached hydrogens (tertiary/aromatic N) is 4. The second-order valence-corrected chi connectivity index (χ2v) is 10.8. The quantitative estimate of drug-likeness (QED) is 0.622. The largest absolute Gasteiger partial charge is 0.378 e. The molecule has 11 heteroatoms. The molecule has 8 nitrogen and oxygen atoms in total. The normalized spacial score (nSPS) is 17.9. The second kappa shape index (κ2) is 10.4. The van der Waals surface area contributed by atoms with E-state index >= 15 is 0 Å². The van der Waals surface area contributed by atoms with Crippen molar-refractivity contribution in [2.24, 2.45) is 5.41 Å². The maximum atomic E-state index is 14.8. The Balaban J connectivity index is 1.74. The molecule has 2 aliphatic heterocycles. The predicted molar refractivity (Wildman–Crippen MR) is 132 cm³/mol. The Morgan fingerprint density at radius 2 is 1.81 bits per heavy atom. The molecule has 2 aromatic rings. The van der Waals surface area contributed by atoms with Crippen molar-refractivity contribution in [3.8, 4) is 11.4 Å². The molecule has 0 aliphatic carbocycles. The third-order valence-corrected chi connectivity index (χ3v) is 6.88. The van der Waals surface area contributed by atoms with Crippen molar-refractivity contribution in [1.82, 2.24) is 24.7 Å². The molecule has 0 saturated carbocycles. The SMILES string of the molecule is CN1CCCn2c(-c3cc(Cl)c(F)cc3F)nc(C(=O)NC(C(=O)N3CCOCC3)C(C)(C)C)c2C1. The molecule has 2 amide bonds. The van der Waals surface area contributed by atoms with Gasteiger partial charge in [-0.25, -0.2) is 13.8 Å². The monoisotopic (exact) mass is 523 g/mol. The van der Waals surface area contributed by atoms with Crippen LogP contribution in [-0.2, 0) is 22.6 Å². The van der Waals surface area contributed by atoms with Crippen LogP contribution in [0.3, 0.4) is 0 Å². The van der Waals surface area contributed by atoms with E-state index in [1.807, 2.05) is 27.8 Å². The van der Waals surface area contributed by atoms with Gasteiger partial charge in [0.25, 0.3) is 5.91 Å². The summed E-state index contributed by atoms with van der Waals surface area (Å²) >= 11 is 5.95. The van der Waals surface area contributed by atoms with Crippen LogP contribution in [-0.4, -0.2) is 77.1 Å². The van der Waals surface area contributed by atoms with Gasteiger partial charge in [0.1, 0.15) is 23.5 Å². The first-order valence-electron chi connectivity index (χ1n) is 12.1. The number of aromatic nitrogens is 2. The summed E-state index contributed by atoms with van der Waals surface area (Å²) in [5.74, 6) is -2.18. The van der Waals surface area contributed by atoms with Gasteiger partial charge in [0.05, 0.1) is 29.5 Å². The van der Waals surface area contributed by atoms with Crippen molar-refractivity contribution in [2.75, 3.05) is 39.9 Å². The number of halogens is 3. The van der Waals surface area contributed by atoms with E-state index in [9.17, 15) is 18.4 Å². The lowest BCUT2D eigenvalue weighted by molar-refractivity contribution is -0.139. The van der Waals surface area contributed by atoms with Crippen LogP contribution in [0, 0.1) is 17.0 Å². The van der Waals surface area contributed by atoms with E-state index in [1.165, 1.54) is 6.07 Å². The molecule has 4 rings (SSSR count). The summed E-state index contributed by atoms with van der Waals surface area (Å²) < 4.78 is 35.8. The molecule has 1 aromatic carbocycles. The van der Waals surface area contributed by atoms with Crippen molar-refractivity contribution in [3.05, 3.63) is 40.2 Å². The predicted octanol–water partition coefficient (Wildman–Crippen LogP) is 3.32. The zero-order valence-electron chi connectivity index (χ0n) is 21.0. The molecular formula is C25H32ClF2N5O3. The van der Waals surface area contributed by atoms with E-state index in [-0.39, 0.29) is 28.0 Å². The number of amides is 2. The van der Waals surface area contributed by atoms with Gasteiger partial charge in [-0.2, -0.15) is 0 Å². The standard InChI is InChI=1S/C25H32ClF2N5O3/c1-25(2,3)21(24(35)32-8-10-36-11-9-32)30-23(34)20-19-14-31(4)6-5-7-33(19)22(29-20)15-12-16(26)18(28)13-17(15)27/h12-13,21H,5-11,14H2,1-4H3,(H,30,34). The molecule has 1 atom stereocenters. The van der Waals surface area contributed by atoms with E-state index in [4.69, 9.17) is 16.3 Å². The first kappa shape index (κ1) is 26.5. The number of ether oxygens (including phenoxy) is 1. The van der Waals surface area contributed by atoms with Gasteiger partial charge >= 0.3 is 0 Å². The lowest BCUT2D eigenvalue weighted by Crippen LogP contribution is -2.56. The van der Waals surface area contributed by atoms with Crippen molar-refractivity contribution < 1.29 is 23.1 Å². The fraction of sp³-hybridized carbons (Fsp3) is 0.560. The number of nitrogens with one attached hydrogen (secondary N) is 1. The molecule has 0 bridgehead atoms. The Labute approximate surface area is 214 Å². The molecule has 2 aliphatic rings. The number of rotatable bonds is 4. The highest BCUT2D eigenvalue weighted by Gasteiger charge is 2.38. The van der Waals surface area contributed by atoms with Crippen LogP contribution in [0.4, 0.5) is 8.78 Å². The molecule has 0 radical (unpaired) electrons. The number of carbonyl (C=O) groups is 2. The van der Waals surface area contributed by atoms with Crippen molar-refractivity contribution in [3.63, 3.8) is 0 Å².